The molecule has 5 rings (SSSR count). The topological polar surface area (TPSA) is 111 Å². The normalized spacial score (nSPS) is 15.8. The fraction of sp³-hybridized carbons (Fsp3) is 0.200. The van der Waals surface area contributed by atoms with E-state index < -0.39 is 17.4 Å². The number of hydrogen-bond donors (Lipinski definition) is 3. The van der Waals surface area contributed by atoms with Gasteiger partial charge in [0.25, 0.3) is 0 Å². The maximum Gasteiger partial charge on any atom is 0.416 e. The number of alkyl halides is 3. The van der Waals surface area contributed by atoms with Gasteiger partial charge in [0.05, 0.1) is 23.5 Å². The number of hydrogen-bond acceptors (Lipinski definition) is 5. The lowest BCUT2D eigenvalue weighted by molar-refractivity contribution is -0.137. The van der Waals surface area contributed by atoms with Gasteiger partial charge in [-0.1, -0.05) is 12.1 Å². The maximum absolute atomic E-state index is 13.2. The van der Waals surface area contributed by atoms with E-state index >= 15 is 0 Å². The van der Waals surface area contributed by atoms with E-state index in [1.807, 2.05) is 0 Å². The van der Waals surface area contributed by atoms with Crippen molar-refractivity contribution < 1.29 is 18.3 Å². The predicted molar refractivity (Wildman–Crippen MR) is 104 cm³/mol. The molecule has 3 heterocycles. The van der Waals surface area contributed by atoms with Crippen LogP contribution in [0.2, 0.25) is 0 Å². The molecule has 1 aliphatic carbocycles. The van der Waals surface area contributed by atoms with Crippen molar-refractivity contribution in [2.45, 2.75) is 25.1 Å². The smallest absolute Gasteiger partial charge is 0.416 e. The number of H-pyrrole nitrogens is 2. The molecule has 4 aromatic rings. The van der Waals surface area contributed by atoms with E-state index in [9.17, 15) is 23.1 Å². The first-order chi connectivity index (χ1) is 14.8. The summed E-state index contributed by atoms with van der Waals surface area (Å²) >= 11 is 0. The molecule has 0 atom stereocenters. The highest BCUT2D eigenvalue weighted by Gasteiger charge is 2.30. The SMILES string of the molecule is O=c1[nH]c(O)c(/C=c2\cnn3c(=NC4CC4)cc(-c4cccc(C(F)(F)F)c4)nc23)[nH]1. The molecule has 0 radical (unpaired) electrons. The minimum absolute atomic E-state index is 0.131. The Morgan fingerprint density at radius 3 is 2.71 bits per heavy atom. The van der Waals surface area contributed by atoms with E-state index in [-0.39, 0.29) is 23.2 Å². The van der Waals surface area contributed by atoms with Crippen LogP contribution in [-0.2, 0) is 6.18 Å². The van der Waals surface area contributed by atoms with Crippen LogP contribution in [0.25, 0.3) is 23.0 Å². The number of fused-ring (bicyclic) bond motifs is 1. The number of nitrogens with one attached hydrogen (secondary N) is 2. The van der Waals surface area contributed by atoms with Crippen LogP contribution in [-0.4, -0.2) is 35.7 Å². The third-order valence-corrected chi connectivity index (χ3v) is 4.86. The van der Waals surface area contributed by atoms with E-state index in [1.54, 1.807) is 12.1 Å². The van der Waals surface area contributed by atoms with E-state index in [2.05, 4.69) is 25.0 Å². The Bertz CT molecular complexity index is 1480. The molecule has 3 aromatic heterocycles. The van der Waals surface area contributed by atoms with Gasteiger partial charge in [-0.3, -0.25) is 9.98 Å². The first-order valence-corrected chi connectivity index (χ1v) is 9.41. The van der Waals surface area contributed by atoms with Crippen molar-refractivity contribution in [3.63, 3.8) is 0 Å². The van der Waals surface area contributed by atoms with Crippen LogP contribution in [0, 0.1) is 0 Å². The summed E-state index contributed by atoms with van der Waals surface area (Å²) in [5.41, 5.74) is 0.160. The monoisotopic (exact) mass is 428 g/mol. The number of aromatic hydroxyl groups is 1. The molecule has 1 aromatic carbocycles. The van der Waals surface area contributed by atoms with Crippen LogP contribution in [0.3, 0.4) is 0 Å². The van der Waals surface area contributed by atoms with Crippen LogP contribution in [0.4, 0.5) is 13.2 Å². The first-order valence-electron chi connectivity index (χ1n) is 9.41. The number of nitrogens with zero attached hydrogens (tertiary/aromatic N) is 4. The molecule has 0 bridgehead atoms. The highest BCUT2D eigenvalue weighted by Crippen LogP contribution is 2.31. The van der Waals surface area contributed by atoms with Gasteiger partial charge in [-0.2, -0.15) is 22.8 Å². The van der Waals surface area contributed by atoms with Crippen LogP contribution < -0.4 is 16.4 Å². The van der Waals surface area contributed by atoms with Crippen molar-refractivity contribution in [2.75, 3.05) is 0 Å². The van der Waals surface area contributed by atoms with E-state index in [1.165, 1.54) is 22.9 Å². The minimum Gasteiger partial charge on any atom is -0.493 e. The summed E-state index contributed by atoms with van der Waals surface area (Å²) in [5.74, 6) is -0.346. The lowest BCUT2D eigenvalue weighted by atomic mass is 10.1. The molecule has 0 amide bonds. The fourth-order valence-corrected chi connectivity index (χ4v) is 3.20. The third kappa shape index (κ3) is 3.69. The summed E-state index contributed by atoms with van der Waals surface area (Å²) in [6.07, 6.45) is 0.339. The molecule has 8 nitrogen and oxygen atoms in total. The summed E-state index contributed by atoms with van der Waals surface area (Å²) in [6.45, 7) is 0. The Morgan fingerprint density at radius 1 is 1.23 bits per heavy atom. The first kappa shape index (κ1) is 19.1. The van der Waals surface area contributed by atoms with Crippen molar-refractivity contribution in [2.24, 2.45) is 4.99 Å². The number of halogens is 3. The summed E-state index contributed by atoms with van der Waals surface area (Å²) in [5, 5.41) is 14.6. The van der Waals surface area contributed by atoms with Crippen LogP contribution in [0.5, 0.6) is 5.88 Å². The molecular weight excluding hydrogens is 413 g/mol. The van der Waals surface area contributed by atoms with Crippen molar-refractivity contribution >= 4 is 11.7 Å². The molecule has 11 heteroatoms. The highest BCUT2D eigenvalue weighted by molar-refractivity contribution is 5.64. The molecule has 3 N–H and O–H groups in total. The lowest BCUT2D eigenvalue weighted by Gasteiger charge is -2.09. The molecular formula is C20H15F3N6O2. The Hall–Kier alpha value is -3.89. The van der Waals surface area contributed by atoms with Gasteiger partial charge in [0.2, 0.25) is 5.88 Å². The van der Waals surface area contributed by atoms with Gasteiger partial charge in [-0.15, -0.1) is 0 Å². The zero-order valence-corrected chi connectivity index (χ0v) is 15.8. The zero-order valence-electron chi connectivity index (χ0n) is 15.8. The van der Waals surface area contributed by atoms with Gasteiger partial charge in [0, 0.05) is 16.8 Å². The zero-order chi connectivity index (χ0) is 21.8. The number of imidazole rings is 1. The Balaban J connectivity index is 1.75. The minimum atomic E-state index is -4.48. The van der Waals surface area contributed by atoms with Gasteiger partial charge in [-0.25, -0.2) is 9.78 Å². The fourth-order valence-electron chi connectivity index (χ4n) is 3.20. The van der Waals surface area contributed by atoms with Crippen LogP contribution >= 0.6 is 0 Å². The quantitative estimate of drug-likeness (QED) is 0.462. The molecule has 0 spiro atoms. The van der Waals surface area contributed by atoms with E-state index in [0.29, 0.717) is 22.0 Å². The van der Waals surface area contributed by atoms with Gasteiger partial charge in [-0.05, 0) is 31.1 Å². The van der Waals surface area contributed by atoms with Crippen molar-refractivity contribution in [3.8, 4) is 17.1 Å². The molecule has 0 saturated heterocycles. The maximum atomic E-state index is 13.2. The predicted octanol–water partition coefficient (Wildman–Crippen LogP) is 1.75. The van der Waals surface area contributed by atoms with E-state index in [0.717, 1.165) is 25.0 Å². The summed E-state index contributed by atoms with van der Waals surface area (Å²) in [7, 11) is 0. The molecule has 158 valence electrons. The number of aromatic amines is 2. The molecule has 31 heavy (non-hydrogen) atoms. The molecule has 1 aliphatic rings. The van der Waals surface area contributed by atoms with Gasteiger partial charge >= 0.3 is 11.9 Å². The highest BCUT2D eigenvalue weighted by atomic mass is 19.4. The number of aromatic nitrogens is 5. The van der Waals surface area contributed by atoms with Gasteiger partial charge in [0.15, 0.2) is 11.1 Å². The third-order valence-electron chi connectivity index (χ3n) is 4.86. The molecule has 1 saturated carbocycles. The summed E-state index contributed by atoms with van der Waals surface area (Å²) < 4.78 is 41.0. The number of rotatable bonds is 3. The second kappa shape index (κ2) is 6.83. The summed E-state index contributed by atoms with van der Waals surface area (Å²) in [4.78, 5) is 25.2. The summed E-state index contributed by atoms with van der Waals surface area (Å²) in [6, 6.07) is 6.66. The van der Waals surface area contributed by atoms with Crippen molar-refractivity contribution in [1.82, 2.24) is 24.6 Å². The Labute approximate surface area is 171 Å². The second-order valence-electron chi connectivity index (χ2n) is 7.26. The molecule has 0 unspecified atom stereocenters. The Morgan fingerprint density at radius 2 is 2.03 bits per heavy atom. The Kier molecular flexibility index (Phi) is 4.20. The molecule has 1 fully saturated rings. The number of benzene rings is 1. The van der Waals surface area contributed by atoms with Crippen molar-refractivity contribution in [1.29, 1.82) is 0 Å². The second-order valence-corrected chi connectivity index (χ2v) is 7.26. The van der Waals surface area contributed by atoms with Crippen LogP contribution in [0.15, 0.2) is 46.3 Å². The van der Waals surface area contributed by atoms with Crippen molar-refractivity contribution in [3.05, 3.63) is 69.0 Å². The largest absolute Gasteiger partial charge is 0.493 e. The average molecular weight is 428 g/mol. The van der Waals surface area contributed by atoms with Gasteiger partial charge < -0.3 is 10.1 Å². The average Bonchev–Trinajstić information content (AvgIpc) is 3.35. The van der Waals surface area contributed by atoms with E-state index in [4.69, 9.17) is 0 Å². The van der Waals surface area contributed by atoms with Crippen LogP contribution in [0.1, 0.15) is 24.1 Å². The van der Waals surface area contributed by atoms with Gasteiger partial charge in [0.1, 0.15) is 5.69 Å². The standard InChI is InChI=1S/C20H15F3N6O2/c21-20(22,23)12-3-1-2-10(6-12)14-8-16(25-13-4-5-13)29-17(26-14)11(9-24-29)7-15-18(30)28-19(31)27-15/h1-3,6-9,13,30H,4-5H2,(H2,27,28,31)/b11-7+,25-16?. The lowest BCUT2D eigenvalue weighted by Crippen LogP contribution is -2.19. The molecule has 0 aliphatic heterocycles.